The van der Waals surface area contributed by atoms with Gasteiger partial charge in [-0.05, 0) is 44.4 Å². The number of nitrogen functional groups attached to an aromatic ring is 1. The largest absolute Gasteiger partial charge is 0.461 e. The van der Waals surface area contributed by atoms with Gasteiger partial charge < -0.3 is 20.1 Å². The van der Waals surface area contributed by atoms with Gasteiger partial charge in [0.05, 0.1) is 28.4 Å². The highest BCUT2D eigenvalue weighted by molar-refractivity contribution is 6.32. The molecule has 6 heterocycles. The number of hydrogen-bond donors (Lipinski definition) is 1. The van der Waals surface area contributed by atoms with E-state index >= 15 is 4.39 Å². The lowest BCUT2D eigenvalue weighted by molar-refractivity contribution is -0.137. The molecule has 2 unspecified atom stereocenters. The number of rotatable bonds is 3. The number of alkyl halides is 4. The van der Waals surface area contributed by atoms with Crippen molar-refractivity contribution in [3.8, 4) is 0 Å². The standard InChI is InChI=1S/C27H28ClF5N6O2/c28-17-9-14(34)8-16(19(17)27(31,32)33)21-20(30)22-18-23(39-6-2-15(39)3-7-40-24(18)35-21)37-25(36-22)41-12-26-4-1-5-38(26)11-13(29)10-26/h8-9,13,15,18,24H,1-7,10-12,34H2/t13-,15+,18?,24?,26+/m1/s1. The average molecular weight is 599 g/mol. The number of amidine groups is 2. The van der Waals surface area contributed by atoms with E-state index in [9.17, 15) is 17.6 Å². The molecule has 0 aliphatic carbocycles. The van der Waals surface area contributed by atoms with Gasteiger partial charge in [0.2, 0.25) is 0 Å². The Balaban J connectivity index is 1.32. The quantitative estimate of drug-likeness (QED) is 0.402. The number of allylic oxidation sites excluding steroid dienone is 1. The molecule has 6 aliphatic rings. The van der Waals surface area contributed by atoms with Crippen LogP contribution in [0.25, 0.3) is 0 Å². The summed E-state index contributed by atoms with van der Waals surface area (Å²) in [7, 11) is 0. The number of anilines is 1. The molecule has 1 aromatic carbocycles. The van der Waals surface area contributed by atoms with Crippen molar-refractivity contribution >= 4 is 34.9 Å². The molecule has 4 fully saturated rings. The topological polar surface area (TPSA) is 88.0 Å². The number of halogens is 6. The Morgan fingerprint density at radius 2 is 2.02 bits per heavy atom. The Morgan fingerprint density at radius 1 is 1.20 bits per heavy atom. The molecule has 4 saturated heterocycles. The van der Waals surface area contributed by atoms with E-state index in [1.54, 1.807) is 0 Å². The van der Waals surface area contributed by atoms with E-state index in [1.165, 1.54) is 0 Å². The molecule has 0 bridgehead atoms. The Morgan fingerprint density at radius 3 is 2.78 bits per heavy atom. The van der Waals surface area contributed by atoms with Crippen molar-refractivity contribution in [1.82, 2.24) is 9.80 Å². The molecule has 6 aliphatic heterocycles. The third-order valence-corrected chi connectivity index (χ3v) is 9.33. The summed E-state index contributed by atoms with van der Waals surface area (Å²) in [5, 5.41) is -0.668. The van der Waals surface area contributed by atoms with E-state index in [0.717, 1.165) is 37.9 Å². The molecule has 7 rings (SSSR count). The Kier molecular flexibility index (Phi) is 6.36. The van der Waals surface area contributed by atoms with Gasteiger partial charge in [0.1, 0.15) is 30.2 Å². The number of benzene rings is 1. The van der Waals surface area contributed by atoms with Gasteiger partial charge in [0.15, 0.2) is 12.1 Å². The first kappa shape index (κ1) is 27.1. The fourth-order valence-corrected chi connectivity index (χ4v) is 7.40. The van der Waals surface area contributed by atoms with Gasteiger partial charge >= 0.3 is 12.2 Å². The normalized spacial score (nSPS) is 33.1. The molecule has 0 spiro atoms. The van der Waals surface area contributed by atoms with Crippen LogP contribution >= 0.6 is 11.6 Å². The van der Waals surface area contributed by atoms with Gasteiger partial charge in [-0.3, -0.25) is 4.90 Å². The van der Waals surface area contributed by atoms with Crippen LogP contribution in [0.4, 0.5) is 27.6 Å². The maximum atomic E-state index is 16.4. The average Bonchev–Trinajstić information content (AvgIpc) is 3.39. The number of fused-ring (bicyclic) bond motifs is 3. The number of hydrogen-bond acceptors (Lipinski definition) is 8. The molecule has 8 nitrogen and oxygen atoms in total. The minimum Gasteiger partial charge on any atom is -0.461 e. The summed E-state index contributed by atoms with van der Waals surface area (Å²) in [4.78, 5) is 17.5. The predicted molar refractivity (Wildman–Crippen MR) is 142 cm³/mol. The van der Waals surface area contributed by atoms with E-state index < -0.39 is 57.7 Å². The summed E-state index contributed by atoms with van der Waals surface area (Å²) in [5.41, 5.74) is 2.66. The third-order valence-electron chi connectivity index (χ3n) is 9.03. The van der Waals surface area contributed by atoms with Gasteiger partial charge in [-0.1, -0.05) is 11.6 Å². The second-order valence-corrected chi connectivity index (χ2v) is 11.9. The van der Waals surface area contributed by atoms with Crippen LogP contribution in [0.3, 0.4) is 0 Å². The van der Waals surface area contributed by atoms with E-state index in [-0.39, 0.29) is 36.7 Å². The second-order valence-electron chi connectivity index (χ2n) is 11.5. The van der Waals surface area contributed by atoms with Crippen LogP contribution in [0.1, 0.15) is 43.2 Å². The van der Waals surface area contributed by atoms with Gasteiger partial charge in [-0.2, -0.15) is 23.2 Å². The van der Waals surface area contributed by atoms with Crippen molar-refractivity contribution in [3.63, 3.8) is 0 Å². The van der Waals surface area contributed by atoms with Crippen LogP contribution in [0.2, 0.25) is 5.02 Å². The molecular formula is C27H28ClF5N6O2. The van der Waals surface area contributed by atoms with Crippen LogP contribution in [-0.2, 0) is 15.7 Å². The van der Waals surface area contributed by atoms with Gasteiger partial charge in [0.25, 0.3) is 0 Å². The lowest BCUT2D eigenvalue weighted by atomic mass is 9.88. The fraction of sp³-hybridized carbons (Fsp3) is 0.593. The molecular weight excluding hydrogens is 571 g/mol. The maximum absolute atomic E-state index is 16.4. The molecule has 220 valence electrons. The van der Waals surface area contributed by atoms with Crippen LogP contribution < -0.4 is 5.73 Å². The number of nitrogens with two attached hydrogens (primary N) is 1. The number of ether oxygens (including phenoxy) is 2. The molecule has 2 N–H and O–H groups in total. The second kappa shape index (κ2) is 9.63. The minimum atomic E-state index is -4.91. The summed E-state index contributed by atoms with van der Waals surface area (Å²) >= 11 is 5.97. The van der Waals surface area contributed by atoms with Crippen molar-refractivity contribution in [3.05, 3.63) is 39.8 Å². The molecule has 1 aromatic rings. The zero-order chi connectivity index (χ0) is 28.7. The minimum absolute atomic E-state index is 0.0795. The van der Waals surface area contributed by atoms with Crippen LogP contribution in [0.15, 0.2) is 38.6 Å². The molecule has 0 aromatic heterocycles. The number of aliphatic imine (C=N–C) groups is 3. The molecule has 41 heavy (non-hydrogen) atoms. The first-order valence-corrected chi connectivity index (χ1v) is 14.1. The van der Waals surface area contributed by atoms with Crippen LogP contribution in [-0.4, -0.2) is 84.2 Å². The zero-order valence-electron chi connectivity index (χ0n) is 21.9. The van der Waals surface area contributed by atoms with Crippen molar-refractivity contribution in [2.24, 2.45) is 20.9 Å². The van der Waals surface area contributed by atoms with Crippen LogP contribution in [0.5, 0.6) is 0 Å². The van der Waals surface area contributed by atoms with E-state index in [0.29, 0.717) is 31.8 Å². The molecule has 0 saturated carbocycles. The van der Waals surface area contributed by atoms with Gasteiger partial charge in [-0.15, -0.1) is 0 Å². The summed E-state index contributed by atoms with van der Waals surface area (Å²) in [6.45, 7) is 2.18. The highest BCUT2D eigenvalue weighted by atomic mass is 35.5. The van der Waals surface area contributed by atoms with E-state index in [4.69, 9.17) is 26.8 Å². The monoisotopic (exact) mass is 598 g/mol. The zero-order valence-corrected chi connectivity index (χ0v) is 22.7. The fourth-order valence-electron chi connectivity index (χ4n) is 7.06. The smallest absolute Gasteiger partial charge is 0.418 e. The summed E-state index contributed by atoms with van der Waals surface area (Å²) in [6.07, 6.45) is -3.39. The molecule has 5 atom stereocenters. The lowest BCUT2D eigenvalue weighted by Gasteiger charge is -2.49. The highest BCUT2D eigenvalue weighted by Gasteiger charge is 2.51. The Hall–Kier alpha value is -2.77. The van der Waals surface area contributed by atoms with Gasteiger partial charge in [0, 0.05) is 36.8 Å². The van der Waals surface area contributed by atoms with E-state index in [2.05, 4.69) is 19.9 Å². The maximum Gasteiger partial charge on any atom is 0.418 e. The first-order chi connectivity index (χ1) is 19.5. The third kappa shape index (κ3) is 4.42. The number of dihydropyridines is 1. The summed E-state index contributed by atoms with van der Waals surface area (Å²) in [5.74, 6) is -1.47. The summed E-state index contributed by atoms with van der Waals surface area (Å²) in [6, 6.07) is 1.98. The van der Waals surface area contributed by atoms with Gasteiger partial charge in [-0.25, -0.2) is 13.8 Å². The highest BCUT2D eigenvalue weighted by Crippen LogP contribution is 2.45. The molecule has 0 amide bonds. The van der Waals surface area contributed by atoms with Crippen molar-refractivity contribution in [1.29, 1.82) is 0 Å². The number of nitrogens with zero attached hydrogens (tertiary/aromatic N) is 5. The van der Waals surface area contributed by atoms with Crippen molar-refractivity contribution < 1.29 is 31.4 Å². The molecule has 0 radical (unpaired) electrons. The lowest BCUT2D eigenvalue weighted by Crippen LogP contribution is -2.58. The van der Waals surface area contributed by atoms with Crippen LogP contribution in [0, 0.1) is 5.92 Å². The Labute approximate surface area is 237 Å². The van der Waals surface area contributed by atoms with Crippen molar-refractivity contribution in [2.45, 2.75) is 62.3 Å². The molecule has 14 heteroatoms. The first-order valence-electron chi connectivity index (χ1n) is 13.8. The Bertz CT molecular complexity index is 1410. The van der Waals surface area contributed by atoms with Crippen molar-refractivity contribution in [2.75, 3.05) is 38.6 Å². The summed E-state index contributed by atoms with van der Waals surface area (Å²) < 4.78 is 85.2. The predicted octanol–water partition coefficient (Wildman–Crippen LogP) is 4.72. The van der Waals surface area contributed by atoms with E-state index in [1.807, 2.05) is 4.90 Å². The SMILES string of the molecule is Nc1cc(Cl)c(C(F)(F)F)c(C2=NC3OCC[C@@H]4CCN4C4=NC(OC[C@@]56CCCN5C[C@H](F)C6)=NC(=C2F)C43)c1.